The molecule has 0 radical (unpaired) electrons. The van der Waals surface area contributed by atoms with Crippen molar-refractivity contribution >= 4 is 29.9 Å². The molecule has 7 heteroatoms. The third-order valence-corrected chi connectivity index (χ3v) is 3.93. The van der Waals surface area contributed by atoms with Crippen molar-refractivity contribution < 1.29 is 4.39 Å². The molecule has 0 atom stereocenters. The smallest absolute Gasteiger partial charge is 0.189 e. The van der Waals surface area contributed by atoms with Gasteiger partial charge < -0.3 is 15.6 Å². The van der Waals surface area contributed by atoms with Crippen LogP contribution in [0.25, 0.3) is 5.69 Å². The Labute approximate surface area is 152 Å². The normalized spacial score (nSPS) is 15.4. The van der Waals surface area contributed by atoms with Gasteiger partial charge in [0.15, 0.2) is 5.96 Å². The van der Waals surface area contributed by atoms with Crippen molar-refractivity contribution in [2.75, 3.05) is 0 Å². The number of nitrogens with two attached hydrogens (primary N) is 1. The summed E-state index contributed by atoms with van der Waals surface area (Å²) in [6.07, 6.45) is 9.67. The third-order valence-electron chi connectivity index (χ3n) is 3.93. The Balaban J connectivity index is 0.00000192. The molecule has 3 N–H and O–H groups in total. The fourth-order valence-corrected chi connectivity index (χ4v) is 2.76. The molecule has 5 nitrogen and oxygen atoms in total. The predicted octanol–water partition coefficient (Wildman–Crippen LogP) is 2.98. The topological polar surface area (TPSA) is 68.2 Å². The molecule has 1 aliphatic carbocycles. The molecule has 1 aromatic heterocycles. The van der Waals surface area contributed by atoms with E-state index in [1.165, 1.54) is 18.9 Å². The van der Waals surface area contributed by atoms with Gasteiger partial charge in [-0.2, -0.15) is 0 Å². The lowest BCUT2D eigenvalue weighted by molar-refractivity contribution is 0.615. The van der Waals surface area contributed by atoms with Crippen molar-refractivity contribution in [3.05, 3.63) is 48.3 Å². The average Bonchev–Trinajstić information content (AvgIpc) is 3.18. The fraction of sp³-hybridized carbons (Fsp3) is 0.375. The largest absolute Gasteiger partial charge is 0.370 e. The van der Waals surface area contributed by atoms with E-state index in [0.717, 1.165) is 18.4 Å². The number of imidazole rings is 1. The molecule has 2 aromatic rings. The van der Waals surface area contributed by atoms with Crippen LogP contribution < -0.4 is 11.1 Å². The van der Waals surface area contributed by atoms with Crippen molar-refractivity contribution in [2.24, 2.45) is 10.7 Å². The van der Waals surface area contributed by atoms with E-state index in [-0.39, 0.29) is 29.8 Å². The third kappa shape index (κ3) is 4.66. The van der Waals surface area contributed by atoms with Crippen LogP contribution in [-0.4, -0.2) is 21.6 Å². The summed E-state index contributed by atoms with van der Waals surface area (Å²) in [6, 6.07) is 5.50. The lowest BCUT2D eigenvalue weighted by atomic mass is 10.2. The van der Waals surface area contributed by atoms with Crippen LogP contribution >= 0.6 is 24.0 Å². The van der Waals surface area contributed by atoms with Crippen molar-refractivity contribution in [3.63, 3.8) is 0 Å². The molecule has 124 valence electrons. The summed E-state index contributed by atoms with van der Waals surface area (Å²) in [7, 11) is 0. The molecule has 3 rings (SSSR count). The second-order valence-corrected chi connectivity index (χ2v) is 5.58. The minimum absolute atomic E-state index is 0. The molecule has 1 saturated carbocycles. The van der Waals surface area contributed by atoms with Gasteiger partial charge in [0.05, 0.1) is 18.6 Å². The minimum Gasteiger partial charge on any atom is -0.370 e. The Hall–Kier alpha value is -1.64. The molecule has 0 unspecified atom stereocenters. The summed E-state index contributed by atoms with van der Waals surface area (Å²) in [5.74, 6) is 0.138. The van der Waals surface area contributed by atoms with Gasteiger partial charge in [0.2, 0.25) is 0 Å². The second kappa shape index (κ2) is 8.28. The number of nitrogens with zero attached hydrogens (tertiary/aromatic N) is 3. The zero-order valence-corrected chi connectivity index (χ0v) is 15.1. The first-order valence-corrected chi connectivity index (χ1v) is 7.55. The fourth-order valence-electron chi connectivity index (χ4n) is 2.76. The van der Waals surface area contributed by atoms with E-state index in [9.17, 15) is 4.39 Å². The van der Waals surface area contributed by atoms with Gasteiger partial charge in [0, 0.05) is 18.4 Å². The highest BCUT2D eigenvalue weighted by Crippen LogP contribution is 2.18. The van der Waals surface area contributed by atoms with E-state index in [1.807, 2.05) is 6.07 Å². The number of benzene rings is 1. The van der Waals surface area contributed by atoms with Crippen LogP contribution in [0.4, 0.5) is 4.39 Å². The van der Waals surface area contributed by atoms with Crippen LogP contribution in [0.5, 0.6) is 0 Å². The number of aliphatic imine (C=N–C) groups is 1. The van der Waals surface area contributed by atoms with Crippen LogP contribution in [0.1, 0.15) is 31.2 Å². The van der Waals surface area contributed by atoms with Gasteiger partial charge >= 0.3 is 0 Å². The Morgan fingerprint density at radius 3 is 2.83 bits per heavy atom. The molecule has 23 heavy (non-hydrogen) atoms. The quantitative estimate of drug-likeness (QED) is 0.446. The standard InChI is InChI=1S/C16H20FN5.HI/c17-14-9-12(5-6-15(14)22-8-7-19-11-22)10-20-16(18)21-13-3-1-2-4-13;/h5-9,11,13H,1-4,10H2,(H3,18,20,21);1H. The predicted molar refractivity (Wildman–Crippen MR) is 99.7 cm³/mol. The van der Waals surface area contributed by atoms with Crippen molar-refractivity contribution in [1.82, 2.24) is 14.9 Å². The van der Waals surface area contributed by atoms with Crippen molar-refractivity contribution in [1.29, 1.82) is 0 Å². The van der Waals surface area contributed by atoms with E-state index >= 15 is 0 Å². The average molecular weight is 429 g/mol. The first-order chi connectivity index (χ1) is 10.7. The van der Waals surface area contributed by atoms with Gasteiger partial charge in [0.25, 0.3) is 0 Å². The highest BCUT2D eigenvalue weighted by molar-refractivity contribution is 14.0. The SMILES string of the molecule is I.NC(=NCc1ccc(-n2ccnc2)c(F)c1)NC1CCCC1. The molecule has 1 aromatic carbocycles. The molecule has 0 bridgehead atoms. The molecule has 0 spiro atoms. The number of hydrogen-bond acceptors (Lipinski definition) is 2. The number of rotatable bonds is 4. The molecule has 0 amide bonds. The Kier molecular flexibility index (Phi) is 6.37. The highest BCUT2D eigenvalue weighted by Gasteiger charge is 2.14. The van der Waals surface area contributed by atoms with E-state index < -0.39 is 0 Å². The molecule has 1 heterocycles. The zero-order chi connectivity index (χ0) is 15.4. The number of nitrogens with one attached hydrogen (secondary N) is 1. The van der Waals surface area contributed by atoms with Crippen LogP contribution in [-0.2, 0) is 6.54 Å². The van der Waals surface area contributed by atoms with Crippen LogP contribution in [0, 0.1) is 5.82 Å². The van der Waals surface area contributed by atoms with Gasteiger partial charge in [-0.25, -0.2) is 14.4 Å². The molecule has 1 fully saturated rings. The molecular weight excluding hydrogens is 408 g/mol. The summed E-state index contributed by atoms with van der Waals surface area (Å²) in [5, 5.41) is 3.22. The number of halogens is 2. The minimum atomic E-state index is -0.298. The first kappa shape index (κ1) is 17.7. The summed E-state index contributed by atoms with van der Waals surface area (Å²) >= 11 is 0. The van der Waals surface area contributed by atoms with Gasteiger partial charge in [-0.1, -0.05) is 18.9 Å². The number of aromatic nitrogens is 2. The Morgan fingerprint density at radius 1 is 1.39 bits per heavy atom. The number of hydrogen-bond donors (Lipinski definition) is 2. The summed E-state index contributed by atoms with van der Waals surface area (Å²) < 4.78 is 15.8. The van der Waals surface area contributed by atoms with Gasteiger partial charge in [-0.05, 0) is 30.5 Å². The highest BCUT2D eigenvalue weighted by atomic mass is 127. The lowest BCUT2D eigenvalue weighted by Crippen LogP contribution is -2.38. The maximum atomic E-state index is 14.1. The van der Waals surface area contributed by atoms with Crippen LogP contribution in [0.3, 0.4) is 0 Å². The second-order valence-electron chi connectivity index (χ2n) is 5.58. The van der Waals surface area contributed by atoms with Crippen LogP contribution in [0.15, 0.2) is 41.9 Å². The molecular formula is C16H21FIN5. The zero-order valence-electron chi connectivity index (χ0n) is 12.8. The summed E-state index contributed by atoms with van der Waals surface area (Å²) in [5.41, 5.74) is 7.14. The summed E-state index contributed by atoms with van der Waals surface area (Å²) in [6.45, 7) is 0.368. The molecule has 0 aliphatic heterocycles. The van der Waals surface area contributed by atoms with Gasteiger partial charge in [-0.3, -0.25) is 0 Å². The van der Waals surface area contributed by atoms with Crippen LogP contribution in [0.2, 0.25) is 0 Å². The van der Waals surface area contributed by atoms with Crippen molar-refractivity contribution in [3.8, 4) is 5.69 Å². The number of guanidine groups is 1. The maximum absolute atomic E-state index is 14.1. The lowest BCUT2D eigenvalue weighted by Gasteiger charge is -2.12. The van der Waals surface area contributed by atoms with Crippen molar-refractivity contribution in [2.45, 2.75) is 38.3 Å². The Bertz CT molecular complexity index is 650. The van der Waals surface area contributed by atoms with Gasteiger partial charge in [0.1, 0.15) is 5.82 Å². The Morgan fingerprint density at radius 2 is 2.17 bits per heavy atom. The molecule has 0 saturated heterocycles. The monoisotopic (exact) mass is 429 g/mol. The van der Waals surface area contributed by atoms with E-state index in [4.69, 9.17) is 5.73 Å². The maximum Gasteiger partial charge on any atom is 0.189 e. The molecule has 1 aliphatic rings. The van der Waals surface area contributed by atoms with Gasteiger partial charge in [-0.15, -0.1) is 24.0 Å². The van der Waals surface area contributed by atoms with E-state index in [0.29, 0.717) is 24.2 Å². The summed E-state index contributed by atoms with van der Waals surface area (Å²) in [4.78, 5) is 8.21. The first-order valence-electron chi connectivity index (χ1n) is 7.55. The van der Waals surface area contributed by atoms with E-state index in [1.54, 1.807) is 29.4 Å². The van der Waals surface area contributed by atoms with E-state index in [2.05, 4.69) is 15.3 Å².